The van der Waals surface area contributed by atoms with Crippen LogP contribution in [0.1, 0.15) is 29.7 Å². The van der Waals surface area contributed by atoms with Gasteiger partial charge in [-0.3, -0.25) is 19.1 Å². The second kappa shape index (κ2) is 13.4. The molecular formula is C36H25F3N6O2S. The molecule has 12 heteroatoms. The van der Waals surface area contributed by atoms with Crippen LogP contribution in [0.3, 0.4) is 0 Å². The van der Waals surface area contributed by atoms with Gasteiger partial charge in [0, 0.05) is 29.7 Å². The normalized spacial score (nSPS) is 13.1. The van der Waals surface area contributed by atoms with Gasteiger partial charge in [0.15, 0.2) is 5.57 Å². The van der Waals surface area contributed by atoms with Gasteiger partial charge in [-0.2, -0.15) is 23.5 Å². The number of benzene rings is 3. The van der Waals surface area contributed by atoms with E-state index < -0.39 is 40.5 Å². The molecule has 0 aliphatic heterocycles. The number of para-hydroxylation sites is 2. The number of carbonyl (C=O) groups is 1. The molecule has 1 atom stereocenters. The molecule has 1 amide bonds. The Kier molecular flexibility index (Phi) is 8.87. The predicted octanol–water partition coefficient (Wildman–Crippen LogP) is 5.55. The number of nitrogens with zero attached hydrogens (tertiary/aromatic N) is 5. The highest BCUT2D eigenvalue weighted by Gasteiger charge is 2.34. The number of thiazole rings is 1. The first-order chi connectivity index (χ1) is 23.2. The van der Waals surface area contributed by atoms with Gasteiger partial charge in [0.2, 0.25) is 0 Å². The van der Waals surface area contributed by atoms with Gasteiger partial charge in [0.1, 0.15) is 16.4 Å². The van der Waals surface area contributed by atoms with Crippen LogP contribution >= 0.6 is 11.3 Å². The second-order valence-electron chi connectivity index (χ2n) is 10.6. The van der Waals surface area contributed by atoms with Gasteiger partial charge in [-0.25, -0.2) is 4.68 Å². The zero-order chi connectivity index (χ0) is 33.8. The molecule has 0 radical (unpaired) electrons. The van der Waals surface area contributed by atoms with Crippen molar-refractivity contribution in [2.24, 2.45) is 0 Å². The highest BCUT2D eigenvalue weighted by Crippen LogP contribution is 2.33. The number of halogens is 3. The van der Waals surface area contributed by atoms with Gasteiger partial charge in [-0.1, -0.05) is 60.7 Å². The smallest absolute Gasteiger partial charge is 0.345 e. The molecule has 6 aromatic rings. The van der Waals surface area contributed by atoms with Gasteiger partial charge in [0.25, 0.3) is 11.5 Å². The molecule has 1 unspecified atom stereocenters. The number of nitrogens with one attached hydrogen (secondary N) is 1. The molecule has 3 aromatic heterocycles. The molecule has 238 valence electrons. The number of hydrogen-bond donors (Lipinski definition) is 1. The number of hydrogen-bond acceptors (Lipinski definition) is 6. The molecule has 0 aliphatic rings. The number of rotatable bonds is 7. The van der Waals surface area contributed by atoms with Crippen molar-refractivity contribution in [2.45, 2.75) is 19.1 Å². The van der Waals surface area contributed by atoms with E-state index in [2.05, 4.69) is 10.3 Å². The number of alkyl halides is 3. The molecule has 6 rings (SSSR count). The fraction of sp³-hybridized carbons (Fsp3) is 0.0833. The van der Waals surface area contributed by atoms with E-state index in [4.69, 9.17) is 5.10 Å². The third-order valence-electron chi connectivity index (χ3n) is 7.46. The van der Waals surface area contributed by atoms with Gasteiger partial charge in [-0.15, -0.1) is 11.3 Å². The van der Waals surface area contributed by atoms with Crippen LogP contribution in [-0.2, 0) is 11.0 Å². The van der Waals surface area contributed by atoms with Crippen molar-refractivity contribution in [1.82, 2.24) is 24.6 Å². The molecule has 0 fully saturated rings. The first kappa shape index (κ1) is 31.9. The zero-order valence-corrected chi connectivity index (χ0v) is 26.0. The van der Waals surface area contributed by atoms with Crippen molar-refractivity contribution in [3.05, 3.63) is 152 Å². The molecule has 1 N–H and O–H groups in total. The number of amides is 1. The van der Waals surface area contributed by atoms with E-state index in [9.17, 15) is 28.0 Å². The largest absolute Gasteiger partial charge is 0.418 e. The fourth-order valence-electron chi connectivity index (χ4n) is 5.14. The number of aromatic nitrogens is 4. The van der Waals surface area contributed by atoms with Crippen LogP contribution in [0.15, 0.2) is 120 Å². The Morgan fingerprint density at radius 2 is 1.67 bits per heavy atom. The van der Waals surface area contributed by atoms with E-state index in [1.54, 1.807) is 66.6 Å². The third-order valence-corrected chi connectivity index (χ3v) is 8.55. The molecule has 48 heavy (non-hydrogen) atoms. The highest BCUT2D eigenvalue weighted by molar-refractivity contribution is 7.07. The van der Waals surface area contributed by atoms with E-state index in [1.165, 1.54) is 18.2 Å². The maximum atomic E-state index is 14.3. The quantitative estimate of drug-likeness (QED) is 0.242. The van der Waals surface area contributed by atoms with Crippen LogP contribution in [0.4, 0.5) is 13.2 Å². The second-order valence-corrected chi connectivity index (χ2v) is 11.6. The van der Waals surface area contributed by atoms with E-state index in [1.807, 2.05) is 42.5 Å². The zero-order valence-electron chi connectivity index (χ0n) is 25.2. The molecule has 0 spiro atoms. The maximum absolute atomic E-state index is 14.3. The van der Waals surface area contributed by atoms with Crippen molar-refractivity contribution >= 4 is 28.9 Å². The van der Waals surface area contributed by atoms with Gasteiger partial charge in [0.05, 0.1) is 27.5 Å². The summed E-state index contributed by atoms with van der Waals surface area (Å²) in [6.07, 6.45) is 1.56. The standard InChI is InChI=1S/C36H25F3N6O2S/c1-23(24-11-4-2-5-12-24)42-33(46)28(20-40)35-45(30-17-9-8-16-29(30)36(37,38)39)34(47)31(48-35)19-26-22-44(27-14-6-3-7-15-27)43-32(26)25-13-10-18-41-21-25/h2-19,21-23H,1H3,(H,42,46). The van der Waals surface area contributed by atoms with Crippen molar-refractivity contribution in [1.29, 1.82) is 5.26 Å². The average molecular weight is 663 g/mol. The molecule has 3 aromatic carbocycles. The molecule has 0 aliphatic carbocycles. The lowest BCUT2D eigenvalue weighted by Gasteiger charge is -2.15. The van der Waals surface area contributed by atoms with Crippen molar-refractivity contribution in [3.8, 4) is 28.7 Å². The lowest BCUT2D eigenvalue weighted by atomic mass is 10.1. The lowest BCUT2D eigenvalue weighted by molar-refractivity contribution is -0.137. The van der Waals surface area contributed by atoms with Crippen molar-refractivity contribution in [2.75, 3.05) is 0 Å². The van der Waals surface area contributed by atoms with E-state index in [-0.39, 0.29) is 9.20 Å². The maximum Gasteiger partial charge on any atom is 0.418 e. The average Bonchev–Trinajstić information content (AvgIpc) is 3.66. The van der Waals surface area contributed by atoms with Crippen LogP contribution in [0.5, 0.6) is 0 Å². The summed E-state index contributed by atoms with van der Waals surface area (Å²) in [6, 6.07) is 27.6. The summed E-state index contributed by atoms with van der Waals surface area (Å²) in [5.41, 5.74) is 0.0899. The summed E-state index contributed by atoms with van der Waals surface area (Å²) >= 11 is 0.743. The van der Waals surface area contributed by atoms with Gasteiger partial charge in [-0.05, 0) is 55.0 Å². The van der Waals surface area contributed by atoms with E-state index >= 15 is 0 Å². The first-order valence-electron chi connectivity index (χ1n) is 14.6. The minimum Gasteiger partial charge on any atom is -0.345 e. The van der Waals surface area contributed by atoms with Crippen LogP contribution in [0.25, 0.3) is 34.3 Å². The lowest BCUT2D eigenvalue weighted by Crippen LogP contribution is -2.35. The Morgan fingerprint density at radius 3 is 2.33 bits per heavy atom. The first-order valence-corrected chi connectivity index (χ1v) is 15.4. The van der Waals surface area contributed by atoms with Gasteiger partial charge >= 0.3 is 6.18 Å². The molecule has 8 nitrogen and oxygen atoms in total. The minimum absolute atomic E-state index is 0.0172. The molecule has 3 heterocycles. The van der Waals surface area contributed by atoms with Crippen LogP contribution in [0.2, 0.25) is 0 Å². The predicted molar refractivity (Wildman–Crippen MR) is 177 cm³/mol. The van der Waals surface area contributed by atoms with Crippen molar-refractivity contribution in [3.63, 3.8) is 0 Å². The Labute approximate surface area is 276 Å². The Morgan fingerprint density at radius 1 is 0.979 bits per heavy atom. The SMILES string of the molecule is CC(NC(=O)C(C#N)=c1sc(=Cc2cn(-c3ccccc3)nc2-c2cccnc2)c(=O)n1-c1ccccc1C(F)(F)F)c1ccccc1. The Hall–Kier alpha value is -6.06. The van der Waals surface area contributed by atoms with Crippen LogP contribution < -0.4 is 20.1 Å². The van der Waals surface area contributed by atoms with E-state index in [0.717, 1.165) is 39.3 Å². The minimum atomic E-state index is -4.83. The summed E-state index contributed by atoms with van der Waals surface area (Å²) < 4.78 is 44.9. The summed E-state index contributed by atoms with van der Waals surface area (Å²) in [4.78, 5) is 31.9. The monoisotopic (exact) mass is 662 g/mol. The fourth-order valence-corrected chi connectivity index (χ4v) is 6.23. The summed E-state index contributed by atoms with van der Waals surface area (Å²) in [6.45, 7) is 1.71. The number of pyridine rings is 1. The molecule has 0 saturated carbocycles. The van der Waals surface area contributed by atoms with Crippen molar-refractivity contribution < 1.29 is 18.0 Å². The Bertz CT molecular complexity index is 2330. The van der Waals surface area contributed by atoms with Gasteiger partial charge < -0.3 is 5.32 Å². The van der Waals surface area contributed by atoms with Crippen LogP contribution in [-0.4, -0.2) is 25.2 Å². The molecule has 0 saturated heterocycles. The number of nitriles is 1. The Balaban J connectivity index is 1.61. The summed E-state index contributed by atoms with van der Waals surface area (Å²) in [7, 11) is 0. The molecular weight excluding hydrogens is 637 g/mol. The molecule has 0 bridgehead atoms. The summed E-state index contributed by atoms with van der Waals surface area (Å²) in [5, 5.41) is 17.7. The third kappa shape index (κ3) is 6.44. The topological polar surface area (TPSA) is 106 Å². The van der Waals surface area contributed by atoms with E-state index in [0.29, 0.717) is 16.8 Å². The summed E-state index contributed by atoms with van der Waals surface area (Å²) in [5.74, 6) is -0.840. The van der Waals surface area contributed by atoms with Crippen LogP contribution in [0, 0.1) is 11.3 Å². The highest BCUT2D eigenvalue weighted by atomic mass is 32.1. The number of carbonyl (C=O) groups excluding carboxylic acids is 1.